The molecule has 2 heterocycles. The Morgan fingerprint density at radius 1 is 1.08 bits per heavy atom. The zero-order chi connectivity index (χ0) is 17.4. The number of oxazole rings is 1. The third kappa shape index (κ3) is 2.70. The zero-order valence-corrected chi connectivity index (χ0v) is 13.6. The van der Waals surface area contributed by atoms with Gasteiger partial charge in [0.05, 0.1) is 5.69 Å². The van der Waals surface area contributed by atoms with Crippen LogP contribution in [0.25, 0.3) is 33.8 Å². The van der Waals surface area contributed by atoms with Crippen LogP contribution in [0.15, 0.2) is 63.8 Å². The van der Waals surface area contributed by atoms with Crippen molar-refractivity contribution in [2.45, 2.75) is 13.3 Å². The molecule has 2 aromatic carbocycles. The van der Waals surface area contributed by atoms with E-state index in [-0.39, 0.29) is 11.3 Å². The minimum atomic E-state index is -0.340. The third-order valence-corrected chi connectivity index (χ3v) is 4.18. The van der Waals surface area contributed by atoms with E-state index in [0.717, 1.165) is 16.6 Å². The molecule has 5 nitrogen and oxygen atoms in total. The molecule has 4 rings (SSSR count). The van der Waals surface area contributed by atoms with E-state index in [1.165, 1.54) is 6.07 Å². The number of nitrogens with zero attached hydrogens (tertiary/aromatic N) is 1. The molecule has 0 bridgehead atoms. The largest absolute Gasteiger partial charge is 0.507 e. The molecule has 0 radical (unpaired) electrons. The van der Waals surface area contributed by atoms with Gasteiger partial charge in [-0.25, -0.2) is 4.98 Å². The van der Waals surface area contributed by atoms with Gasteiger partial charge in [0.25, 0.3) is 5.56 Å². The van der Waals surface area contributed by atoms with Gasteiger partial charge in [-0.2, -0.15) is 0 Å². The maximum absolute atomic E-state index is 11.8. The van der Waals surface area contributed by atoms with Crippen LogP contribution in [0.4, 0.5) is 0 Å². The second kappa shape index (κ2) is 5.94. The van der Waals surface area contributed by atoms with E-state index in [1.54, 1.807) is 0 Å². The van der Waals surface area contributed by atoms with Crippen molar-refractivity contribution in [2.75, 3.05) is 0 Å². The molecule has 4 aromatic rings. The maximum atomic E-state index is 11.8. The average Bonchev–Trinajstić information content (AvgIpc) is 3.05. The summed E-state index contributed by atoms with van der Waals surface area (Å²) in [6, 6.07) is 16.4. The Morgan fingerprint density at radius 2 is 1.88 bits per heavy atom. The number of aromatic amines is 1. The summed E-state index contributed by atoms with van der Waals surface area (Å²) >= 11 is 0. The van der Waals surface area contributed by atoms with Crippen LogP contribution in [0.1, 0.15) is 12.5 Å². The predicted octanol–water partition coefficient (Wildman–Crippen LogP) is 4.12. The Hall–Kier alpha value is -3.34. The number of rotatable bonds is 3. The molecule has 0 saturated heterocycles. The second-order valence-electron chi connectivity index (χ2n) is 5.79. The first-order valence-corrected chi connectivity index (χ1v) is 8.07. The first kappa shape index (κ1) is 15.2. The summed E-state index contributed by atoms with van der Waals surface area (Å²) in [5.41, 5.74) is 4.00. The van der Waals surface area contributed by atoms with Gasteiger partial charge < -0.3 is 14.5 Å². The van der Waals surface area contributed by atoms with Crippen LogP contribution >= 0.6 is 0 Å². The highest BCUT2D eigenvalue weighted by atomic mass is 16.3. The fraction of sp³-hybridized carbons (Fsp3) is 0.100. The number of nitrogens with one attached hydrogen (secondary N) is 1. The first-order chi connectivity index (χ1) is 12.2. The van der Waals surface area contributed by atoms with Crippen LogP contribution < -0.4 is 5.56 Å². The van der Waals surface area contributed by atoms with Gasteiger partial charge >= 0.3 is 0 Å². The van der Waals surface area contributed by atoms with Crippen LogP contribution in [-0.2, 0) is 6.42 Å². The molecule has 124 valence electrons. The number of fused-ring (bicyclic) bond motifs is 1. The lowest BCUT2D eigenvalue weighted by molar-refractivity contribution is 0.467. The fourth-order valence-electron chi connectivity index (χ4n) is 2.96. The molecule has 0 unspecified atom stereocenters. The van der Waals surface area contributed by atoms with E-state index in [0.29, 0.717) is 29.2 Å². The van der Waals surface area contributed by atoms with E-state index in [4.69, 9.17) is 4.42 Å². The number of pyridine rings is 1. The average molecular weight is 332 g/mol. The van der Waals surface area contributed by atoms with Crippen LogP contribution in [-0.4, -0.2) is 15.1 Å². The lowest BCUT2D eigenvalue weighted by Crippen LogP contribution is -2.07. The summed E-state index contributed by atoms with van der Waals surface area (Å²) < 4.78 is 5.88. The number of benzene rings is 2. The monoisotopic (exact) mass is 332 g/mol. The molecule has 0 aliphatic carbocycles. The minimum absolute atomic E-state index is 0.00360. The number of aromatic nitrogens is 2. The maximum Gasteiger partial charge on any atom is 0.252 e. The van der Waals surface area contributed by atoms with Gasteiger partial charge in [-0.05, 0) is 30.7 Å². The van der Waals surface area contributed by atoms with E-state index in [2.05, 4.69) is 9.97 Å². The smallest absolute Gasteiger partial charge is 0.252 e. The van der Waals surface area contributed by atoms with E-state index >= 15 is 0 Å². The Kier molecular flexibility index (Phi) is 3.61. The SMILES string of the molecule is CCc1c(O)cc(=O)[nH]c1-c1ccc2nc(-c3ccccc3)oc2c1. The molecule has 2 N–H and O–H groups in total. The predicted molar refractivity (Wildman–Crippen MR) is 96.5 cm³/mol. The van der Waals surface area contributed by atoms with Crippen molar-refractivity contribution in [1.82, 2.24) is 9.97 Å². The van der Waals surface area contributed by atoms with E-state index in [9.17, 15) is 9.90 Å². The number of hydrogen-bond acceptors (Lipinski definition) is 4. The Balaban J connectivity index is 1.87. The highest BCUT2D eigenvalue weighted by Crippen LogP contribution is 2.31. The van der Waals surface area contributed by atoms with Crippen molar-refractivity contribution < 1.29 is 9.52 Å². The van der Waals surface area contributed by atoms with Crippen LogP contribution in [0.5, 0.6) is 5.75 Å². The van der Waals surface area contributed by atoms with Gasteiger partial charge in [-0.3, -0.25) is 4.79 Å². The summed E-state index contributed by atoms with van der Waals surface area (Å²) in [5.74, 6) is 0.553. The molecular formula is C20H16N2O3. The van der Waals surface area contributed by atoms with Crippen LogP contribution in [0, 0.1) is 0 Å². The molecule has 0 aliphatic rings. The molecular weight excluding hydrogens is 316 g/mol. The highest BCUT2D eigenvalue weighted by Gasteiger charge is 2.13. The normalized spacial score (nSPS) is 11.1. The van der Waals surface area contributed by atoms with E-state index < -0.39 is 0 Å². The topological polar surface area (TPSA) is 79.1 Å². The standard InChI is InChI=1S/C20H16N2O3/c1-2-14-16(23)11-18(24)22-19(14)13-8-9-15-17(10-13)25-20(21-15)12-6-4-3-5-7-12/h3-11H,2H2,1H3,(H2,22,23,24). The molecule has 0 spiro atoms. The summed E-state index contributed by atoms with van der Waals surface area (Å²) in [6.45, 7) is 1.93. The quantitative estimate of drug-likeness (QED) is 0.591. The molecule has 0 fully saturated rings. The molecule has 25 heavy (non-hydrogen) atoms. The molecule has 0 amide bonds. The summed E-state index contributed by atoms with van der Waals surface area (Å²) in [6.07, 6.45) is 0.599. The Labute approximate surface area is 143 Å². The van der Waals surface area contributed by atoms with Gasteiger partial charge in [-0.15, -0.1) is 0 Å². The van der Waals surface area contributed by atoms with Crippen molar-refractivity contribution in [3.8, 4) is 28.5 Å². The fourth-order valence-corrected chi connectivity index (χ4v) is 2.96. The van der Waals surface area contributed by atoms with Crippen molar-refractivity contribution >= 4 is 11.1 Å². The van der Waals surface area contributed by atoms with Crippen molar-refractivity contribution in [2.24, 2.45) is 0 Å². The summed E-state index contributed by atoms with van der Waals surface area (Å²) in [5, 5.41) is 10.0. The third-order valence-electron chi connectivity index (χ3n) is 4.18. The molecule has 0 saturated carbocycles. The number of aromatic hydroxyl groups is 1. The van der Waals surface area contributed by atoms with Crippen LogP contribution in [0.2, 0.25) is 0 Å². The van der Waals surface area contributed by atoms with Gasteiger partial charge in [0.1, 0.15) is 11.3 Å². The highest BCUT2D eigenvalue weighted by molar-refractivity contribution is 5.82. The molecule has 2 aromatic heterocycles. The summed E-state index contributed by atoms with van der Waals surface area (Å²) in [7, 11) is 0. The lowest BCUT2D eigenvalue weighted by atomic mass is 10.0. The molecule has 0 aliphatic heterocycles. The minimum Gasteiger partial charge on any atom is -0.507 e. The van der Waals surface area contributed by atoms with Gasteiger partial charge in [0, 0.05) is 22.8 Å². The van der Waals surface area contributed by atoms with Crippen molar-refractivity contribution in [3.63, 3.8) is 0 Å². The van der Waals surface area contributed by atoms with E-state index in [1.807, 2.05) is 55.5 Å². The van der Waals surface area contributed by atoms with Gasteiger partial charge in [-0.1, -0.05) is 31.2 Å². The summed E-state index contributed by atoms with van der Waals surface area (Å²) in [4.78, 5) is 19.1. The van der Waals surface area contributed by atoms with Crippen LogP contribution in [0.3, 0.4) is 0 Å². The zero-order valence-electron chi connectivity index (χ0n) is 13.6. The number of hydrogen-bond donors (Lipinski definition) is 2. The van der Waals surface area contributed by atoms with Gasteiger partial charge in [0.2, 0.25) is 5.89 Å². The Morgan fingerprint density at radius 3 is 2.64 bits per heavy atom. The van der Waals surface area contributed by atoms with Gasteiger partial charge in [0.15, 0.2) is 5.58 Å². The van der Waals surface area contributed by atoms with Crippen molar-refractivity contribution in [3.05, 3.63) is 70.5 Å². The first-order valence-electron chi connectivity index (χ1n) is 8.07. The molecule has 5 heteroatoms. The Bertz CT molecular complexity index is 1110. The molecule has 0 atom stereocenters. The lowest BCUT2D eigenvalue weighted by Gasteiger charge is -2.09. The second-order valence-corrected chi connectivity index (χ2v) is 5.79. The number of H-pyrrole nitrogens is 1. The van der Waals surface area contributed by atoms with Crippen molar-refractivity contribution in [1.29, 1.82) is 0 Å².